The average Bonchev–Trinajstić information content (AvgIpc) is 3.24. The first-order chi connectivity index (χ1) is 11.5. The molecule has 0 saturated carbocycles. The van der Waals surface area contributed by atoms with Gasteiger partial charge in [-0.1, -0.05) is 18.2 Å². The molecule has 1 aromatic heterocycles. The highest BCUT2D eigenvalue weighted by Gasteiger charge is 2.31. The lowest BCUT2D eigenvalue weighted by Crippen LogP contribution is -2.48. The van der Waals surface area contributed by atoms with Gasteiger partial charge < -0.3 is 14.8 Å². The number of rotatable bonds is 6. The molecule has 1 amide bonds. The number of hydrogen-bond acceptors (Lipinski definition) is 4. The molecule has 0 radical (unpaired) electrons. The van der Waals surface area contributed by atoms with E-state index in [1.165, 1.54) is 0 Å². The molecule has 128 valence electrons. The second-order valence-electron chi connectivity index (χ2n) is 6.39. The highest BCUT2D eigenvalue weighted by molar-refractivity contribution is 5.84. The van der Waals surface area contributed by atoms with Gasteiger partial charge in [0.15, 0.2) is 5.60 Å². The Hall–Kier alpha value is -2.34. The van der Waals surface area contributed by atoms with Crippen molar-refractivity contribution in [3.63, 3.8) is 0 Å². The average molecular weight is 329 g/mol. The zero-order valence-corrected chi connectivity index (χ0v) is 14.1. The predicted octanol–water partition coefficient (Wildman–Crippen LogP) is 2.32. The molecule has 0 bridgehead atoms. The lowest BCUT2D eigenvalue weighted by atomic mass is 10.1. The van der Waals surface area contributed by atoms with Crippen LogP contribution in [0.2, 0.25) is 0 Å². The number of carbonyl (C=O) groups excluding carboxylic acids is 1. The summed E-state index contributed by atoms with van der Waals surface area (Å²) < 4.78 is 13.0. The van der Waals surface area contributed by atoms with E-state index in [4.69, 9.17) is 9.47 Å². The summed E-state index contributed by atoms with van der Waals surface area (Å²) in [6.45, 7) is 4.76. The maximum absolute atomic E-state index is 12.4. The van der Waals surface area contributed by atoms with Crippen LogP contribution in [0.25, 0.3) is 5.69 Å². The van der Waals surface area contributed by atoms with Crippen molar-refractivity contribution < 1.29 is 14.3 Å². The van der Waals surface area contributed by atoms with E-state index < -0.39 is 5.60 Å². The monoisotopic (exact) mass is 329 g/mol. The number of nitrogens with zero attached hydrogens (tertiary/aromatic N) is 2. The minimum Gasteiger partial charge on any atom is -0.460 e. The van der Waals surface area contributed by atoms with Crippen LogP contribution in [0.15, 0.2) is 42.6 Å². The van der Waals surface area contributed by atoms with Gasteiger partial charge >= 0.3 is 0 Å². The van der Waals surface area contributed by atoms with Gasteiger partial charge in [-0.3, -0.25) is 4.79 Å². The first-order valence-electron chi connectivity index (χ1n) is 8.24. The quantitative estimate of drug-likeness (QED) is 0.883. The molecule has 0 aliphatic carbocycles. The van der Waals surface area contributed by atoms with Gasteiger partial charge in [-0.25, -0.2) is 4.68 Å². The van der Waals surface area contributed by atoms with E-state index in [2.05, 4.69) is 10.4 Å². The first kappa shape index (κ1) is 16.5. The number of para-hydroxylation sites is 1. The van der Waals surface area contributed by atoms with Crippen molar-refractivity contribution in [1.29, 1.82) is 0 Å². The van der Waals surface area contributed by atoms with E-state index in [0.717, 1.165) is 25.1 Å². The van der Waals surface area contributed by atoms with Crippen LogP contribution in [0.4, 0.5) is 0 Å². The van der Waals surface area contributed by atoms with Gasteiger partial charge in [-0.15, -0.1) is 5.10 Å². The number of aromatic nitrogens is 2. The third kappa shape index (κ3) is 3.94. The second-order valence-corrected chi connectivity index (χ2v) is 6.39. The van der Waals surface area contributed by atoms with Gasteiger partial charge in [0.25, 0.3) is 5.91 Å². The Kier molecular flexibility index (Phi) is 4.85. The zero-order valence-electron chi connectivity index (χ0n) is 14.1. The molecule has 0 spiro atoms. The number of hydrogen-bond donors (Lipinski definition) is 1. The van der Waals surface area contributed by atoms with Crippen LogP contribution in [0, 0.1) is 0 Å². The number of ether oxygens (including phenoxy) is 2. The van der Waals surface area contributed by atoms with Crippen LogP contribution in [0.3, 0.4) is 0 Å². The predicted molar refractivity (Wildman–Crippen MR) is 90.3 cm³/mol. The van der Waals surface area contributed by atoms with Gasteiger partial charge in [-0.2, -0.15) is 0 Å². The van der Waals surface area contributed by atoms with Gasteiger partial charge in [-0.05, 0) is 38.8 Å². The van der Waals surface area contributed by atoms with Crippen molar-refractivity contribution in [3.8, 4) is 11.6 Å². The molecule has 6 nitrogen and oxygen atoms in total. The first-order valence-corrected chi connectivity index (χ1v) is 8.24. The Balaban J connectivity index is 1.59. The SMILES string of the molecule is CC(C)(Oc1ccn(-c2ccccc2)n1)C(=O)NCC1CCCO1. The van der Waals surface area contributed by atoms with E-state index in [0.29, 0.717) is 12.4 Å². The third-order valence-electron chi connectivity index (χ3n) is 4.01. The standard InChI is InChI=1S/C18H23N3O3/c1-18(2,17(22)19-13-15-9-6-12-23-15)24-16-10-11-21(20-16)14-7-4-3-5-8-14/h3-5,7-8,10-11,15H,6,9,12-13H2,1-2H3,(H,19,22). The van der Waals surface area contributed by atoms with Crippen molar-refractivity contribution in [3.05, 3.63) is 42.6 Å². The van der Waals surface area contributed by atoms with Crippen molar-refractivity contribution in [1.82, 2.24) is 15.1 Å². The fraction of sp³-hybridized carbons (Fsp3) is 0.444. The molecule has 24 heavy (non-hydrogen) atoms. The number of carbonyl (C=O) groups is 1. The van der Waals surface area contributed by atoms with Crippen LogP contribution >= 0.6 is 0 Å². The van der Waals surface area contributed by atoms with Gasteiger partial charge in [0.2, 0.25) is 5.88 Å². The minimum absolute atomic E-state index is 0.113. The molecule has 1 aliphatic heterocycles. The van der Waals surface area contributed by atoms with Crippen LogP contribution < -0.4 is 10.1 Å². The molecule has 6 heteroatoms. The molecule has 1 aromatic carbocycles. The molecule has 1 aliphatic rings. The van der Waals surface area contributed by atoms with Crippen LogP contribution in [-0.4, -0.2) is 40.5 Å². The summed E-state index contributed by atoms with van der Waals surface area (Å²) in [6, 6.07) is 11.5. The normalized spacial score (nSPS) is 17.7. The molecule has 1 N–H and O–H groups in total. The summed E-state index contributed by atoms with van der Waals surface area (Å²) in [5.74, 6) is 0.239. The van der Waals surface area contributed by atoms with E-state index in [1.807, 2.05) is 36.5 Å². The summed E-state index contributed by atoms with van der Waals surface area (Å²) >= 11 is 0. The zero-order chi connectivity index (χ0) is 17.0. The molecule has 3 rings (SSSR count). The summed E-state index contributed by atoms with van der Waals surface area (Å²) in [7, 11) is 0. The summed E-state index contributed by atoms with van der Waals surface area (Å²) in [6.07, 6.45) is 3.97. The smallest absolute Gasteiger partial charge is 0.263 e. The Morgan fingerprint density at radius 3 is 2.88 bits per heavy atom. The Labute approximate surface area is 141 Å². The summed E-state index contributed by atoms with van der Waals surface area (Å²) in [5, 5.41) is 7.28. The van der Waals surface area contributed by atoms with Gasteiger partial charge in [0, 0.05) is 25.4 Å². The van der Waals surface area contributed by atoms with Crippen molar-refractivity contribution >= 4 is 5.91 Å². The maximum atomic E-state index is 12.4. The van der Waals surface area contributed by atoms with Crippen molar-refractivity contribution in [2.75, 3.05) is 13.2 Å². The summed E-state index contributed by atoms with van der Waals surface area (Å²) in [4.78, 5) is 12.4. The van der Waals surface area contributed by atoms with Crippen molar-refractivity contribution in [2.24, 2.45) is 0 Å². The van der Waals surface area contributed by atoms with Crippen molar-refractivity contribution in [2.45, 2.75) is 38.4 Å². The van der Waals surface area contributed by atoms with E-state index in [-0.39, 0.29) is 12.0 Å². The molecule has 1 atom stereocenters. The largest absolute Gasteiger partial charge is 0.460 e. The van der Waals surface area contributed by atoms with E-state index in [9.17, 15) is 4.79 Å². The summed E-state index contributed by atoms with van der Waals surface area (Å²) in [5.41, 5.74) is -0.0675. The fourth-order valence-corrected chi connectivity index (χ4v) is 2.62. The Morgan fingerprint density at radius 1 is 1.38 bits per heavy atom. The Morgan fingerprint density at radius 2 is 2.17 bits per heavy atom. The third-order valence-corrected chi connectivity index (χ3v) is 4.01. The molecular formula is C18H23N3O3. The molecule has 1 saturated heterocycles. The van der Waals surface area contributed by atoms with Gasteiger partial charge in [0.05, 0.1) is 11.8 Å². The number of nitrogens with one attached hydrogen (secondary N) is 1. The lowest BCUT2D eigenvalue weighted by Gasteiger charge is -2.24. The minimum atomic E-state index is -1.01. The number of benzene rings is 1. The highest BCUT2D eigenvalue weighted by atomic mass is 16.5. The van der Waals surface area contributed by atoms with E-state index >= 15 is 0 Å². The Bertz CT molecular complexity index is 676. The van der Waals surface area contributed by atoms with Crippen LogP contribution in [0.1, 0.15) is 26.7 Å². The fourth-order valence-electron chi connectivity index (χ4n) is 2.62. The topological polar surface area (TPSA) is 65.4 Å². The highest BCUT2D eigenvalue weighted by Crippen LogP contribution is 2.18. The number of amides is 1. The molecule has 2 heterocycles. The molecule has 1 fully saturated rings. The lowest BCUT2D eigenvalue weighted by molar-refractivity contribution is -0.134. The second kappa shape index (κ2) is 7.05. The molecule has 2 aromatic rings. The van der Waals surface area contributed by atoms with Gasteiger partial charge in [0.1, 0.15) is 0 Å². The maximum Gasteiger partial charge on any atom is 0.263 e. The van der Waals surface area contributed by atoms with Crippen LogP contribution in [-0.2, 0) is 9.53 Å². The molecule has 1 unspecified atom stereocenters. The molecular weight excluding hydrogens is 306 g/mol. The van der Waals surface area contributed by atoms with Crippen LogP contribution in [0.5, 0.6) is 5.88 Å². The van der Waals surface area contributed by atoms with E-state index in [1.54, 1.807) is 24.6 Å².